The summed E-state index contributed by atoms with van der Waals surface area (Å²) in [4.78, 5) is 32.1. The highest BCUT2D eigenvalue weighted by atomic mass is 16.1. The van der Waals surface area contributed by atoms with Crippen LogP contribution in [0.4, 0.5) is 5.69 Å². The molecule has 0 aliphatic carbocycles. The van der Waals surface area contributed by atoms with Gasteiger partial charge in [0.15, 0.2) is 17.3 Å². The largest absolute Gasteiger partial charge is 0.296 e. The highest BCUT2D eigenvalue weighted by molar-refractivity contribution is 5.97. The molecule has 0 spiro atoms. The van der Waals surface area contributed by atoms with Crippen LogP contribution in [0.1, 0.15) is 24.2 Å². The second kappa shape index (κ2) is 6.57. The van der Waals surface area contributed by atoms with Crippen molar-refractivity contribution in [3.8, 4) is 16.9 Å². The minimum Gasteiger partial charge on any atom is -0.296 e. The van der Waals surface area contributed by atoms with E-state index in [2.05, 4.69) is 14.9 Å². The molecule has 0 amide bonds. The Hall–Kier alpha value is -3.46. The Bertz CT molecular complexity index is 1000. The molecule has 1 N–H and O–H groups in total. The monoisotopic (exact) mass is 332 g/mol. The van der Waals surface area contributed by atoms with E-state index in [1.807, 2.05) is 13.8 Å². The summed E-state index contributed by atoms with van der Waals surface area (Å²) < 4.78 is 1.32. The summed E-state index contributed by atoms with van der Waals surface area (Å²) in [5.74, 6) is 0.318. The number of benzene rings is 1. The molecule has 0 atom stereocenters. The molecule has 0 bridgehead atoms. The molecule has 25 heavy (non-hydrogen) atoms. The van der Waals surface area contributed by atoms with Gasteiger partial charge in [-0.25, -0.2) is 14.5 Å². The van der Waals surface area contributed by atoms with E-state index in [9.17, 15) is 9.59 Å². The first-order chi connectivity index (χ1) is 12.0. The number of carbonyl (C=O) groups is 1. The Morgan fingerprint density at radius 1 is 1.20 bits per heavy atom. The van der Waals surface area contributed by atoms with Gasteiger partial charge in [-0.05, 0) is 17.7 Å². The fraction of sp³-hybridized carbons (Fsp3) is 0.158. The van der Waals surface area contributed by atoms with Gasteiger partial charge in [-0.2, -0.15) is 0 Å². The van der Waals surface area contributed by atoms with Crippen LogP contribution in [0.25, 0.3) is 21.8 Å². The van der Waals surface area contributed by atoms with Gasteiger partial charge in [0.25, 0.3) is 5.56 Å². The Morgan fingerprint density at radius 2 is 1.92 bits per heavy atom. The van der Waals surface area contributed by atoms with Crippen LogP contribution in [0.5, 0.6) is 0 Å². The third-order valence-electron chi connectivity index (χ3n) is 3.86. The second-order valence-electron chi connectivity index (χ2n) is 5.91. The summed E-state index contributed by atoms with van der Waals surface area (Å²) in [5, 5.41) is 2.89. The van der Waals surface area contributed by atoms with Gasteiger partial charge in [-0.15, -0.1) is 0 Å². The molecular formula is C19H16N4O2. The van der Waals surface area contributed by atoms with Crippen LogP contribution in [-0.2, 0) is 0 Å². The maximum Gasteiger partial charge on any atom is 0.280 e. The number of hydrogen-bond acceptors (Lipinski definition) is 3. The standard InChI is InChI=1S/C19H16N4O2/c1-12(2)18(24)14-6-9-17(21-10-14)23-19(25)16(11-22-23)13-4-7-15(20-3)8-5-13/h4-12,22H,1-2H3. The summed E-state index contributed by atoms with van der Waals surface area (Å²) in [6, 6.07) is 10.1. The van der Waals surface area contributed by atoms with Crippen molar-refractivity contribution >= 4 is 11.5 Å². The van der Waals surface area contributed by atoms with Crippen LogP contribution in [-0.4, -0.2) is 20.5 Å². The molecule has 0 saturated carbocycles. The molecule has 124 valence electrons. The van der Waals surface area contributed by atoms with E-state index >= 15 is 0 Å². The molecule has 0 saturated heterocycles. The molecule has 2 aromatic heterocycles. The van der Waals surface area contributed by atoms with E-state index in [0.717, 1.165) is 5.56 Å². The van der Waals surface area contributed by atoms with E-state index in [-0.39, 0.29) is 17.3 Å². The summed E-state index contributed by atoms with van der Waals surface area (Å²) >= 11 is 0. The topological polar surface area (TPSA) is 72.1 Å². The molecule has 0 unspecified atom stereocenters. The third kappa shape index (κ3) is 3.12. The zero-order valence-corrected chi connectivity index (χ0v) is 13.9. The van der Waals surface area contributed by atoms with E-state index in [4.69, 9.17) is 6.57 Å². The first-order valence-electron chi connectivity index (χ1n) is 7.80. The summed E-state index contributed by atoms with van der Waals surface area (Å²) in [7, 11) is 0. The van der Waals surface area contributed by atoms with E-state index in [1.165, 1.54) is 10.9 Å². The van der Waals surface area contributed by atoms with E-state index in [0.29, 0.717) is 22.6 Å². The first kappa shape index (κ1) is 16.4. The number of nitrogens with one attached hydrogen (secondary N) is 1. The highest BCUT2D eigenvalue weighted by Gasteiger charge is 2.13. The van der Waals surface area contributed by atoms with E-state index in [1.54, 1.807) is 42.6 Å². The van der Waals surface area contributed by atoms with Crippen molar-refractivity contribution < 1.29 is 4.79 Å². The second-order valence-corrected chi connectivity index (χ2v) is 5.91. The number of nitrogens with zero attached hydrogens (tertiary/aromatic N) is 3. The van der Waals surface area contributed by atoms with Gasteiger partial charge in [-0.3, -0.25) is 14.7 Å². The van der Waals surface area contributed by atoms with Crippen molar-refractivity contribution in [1.29, 1.82) is 0 Å². The smallest absolute Gasteiger partial charge is 0.280 e. The lowest BCUT2D eigenvalue weighted by atomic mass is 10.0. The predicted molar refractivity (Wildman–Crippen MR) is 95.1 cm³/mol. The third-order valence-corrected chi connectivity index (χ3v) is 3.86. The van der Waals surface area contributed by atoms with Gasteiger partial charge in [0.05, 0.1) is 12.1 Å². The summed E-state index contributed by atoms with van der Waals surface area (Å²) in [5.41, 5.74) is 2.01. The van der Waals surface area contributed by atoms with Gasteiger partial charge >= 0.3 is 0 Å². The van der Waals surface area contributed by atoms with Gasteiger partial charge in [0.1, 0.15) is 0 Å². The number of hydrogen-bond donors (Lipinski definition) is 1. The van der Waals surface area contributed by atoms with Gasteiger partial charge in [0, 0.05) is 23.9 Å². The predicted octanol–water partition coefficient (Wildman–Crippen LogP) is 3.62. The summed E-state index contributed by atoms with van der Waals surface area (Å²) in [6.07, 6.45) is 3.08. The molecule has 0 radical (unpaired) electrons. The Balaban J connectivity index is 1.94. The van der Waals surface area contributed by atoms with Crippen molar-refractivity contribution in [3.05, 3.63) is 76.1 Å². The lowest BCUT2D eigenvalue weighted by Gasteiger charge is -2.05. The molecule has 3 rings (SSSR count). The molecule has 0 aliphatic rings. The maximum atomic E-state index is 12.6. The first-order valence-corrected chi connectivity index (χ1v) is 7.80. The number of Topliss-reactive ketones (excluding diaryl/α,β-unsaturated/α-hetero) is 1. The number of ketones is 1. The lowest BCUT2D eigenvalue weighted by Crippen LogP contribution is -2.17. The van der Waals surface area contributed by atoms with E-state index < -0.39 is 0 Å². The Morgan fingerprint density at radius 3 is 2.48 bits per heavy atom. The number of rotatable bonds is 4. The molecule has 0 aliphatic heterocycles. The van der Waals surface area contributed by atoms with Crippen molar-refractivity contribution in [1.82, 2.24) is 14.8 Å². The maximum absolute atomic E-state index is 12.6. The molecule has 3 aromatic rings. The van der Waals surface area contributed by atoms with Crippen molar-refractivity contribution in [2.75, 3.05) is 0 Å². The normalized spacial score (nSPS) is 10.6. The molecular weight excluding hydrogens is 316 g/mol. The molecule has 6 nitrogen and oxygen atoms in total. The fourth-order valence-electron chi connectivity index (χ4n) is 2.46. The van der Waals surface area contributed by atoms with Crippen LogP contribution < -0.4 is 5.56 Å². The number of aromatic amines is 1. The minimum atomic E-state index is -0.244. The van der Waals surface area contributed by atoms with Crippen LogP contribution in [0, 0.1) is 12.5 Å². The number of carbonyl (C=O) groups excluding carboxylic acids is 1. The Kier molecular flexibility index (Phi) is 4.31. The zero-order chi connectivity index (χ0) is 18.0. The number of pyridine rings is 1. The average molecular weight is 332 g/mol. The minimum absolute atomic E-state index is 0.0125. The van der Waals surface area contributed by atoms with Crippen molar-refractivity contribution in [3.63, 3.8) is 0 Å². The fourth-order valence-corrected chi connectivity index (χ4v) is 2.46. The number of aromatic nitrogens is 3. The van der Waals surface area contributed by atoms with Crippen molar-refractivity contribution in [2.24, 2.45) is 5.92 Å². The molecule has 2 heterocycles. The van der Waals surface area contributed by atoms with Gasteiger partial charge in [0.2, 0.25) is 0 Å². The van der Waals surface area contributed by atoms with Crippen LogP contribution >= 0.6 is 0 Å². The van der Waals surface area contributed by atoms with Gasteiger partial charge in [-0.1, -0.05) is 38.1 Å². The number of H-pyrrole nitrogens is 1. The molecule has 1 aromatic carbocycles. The van der Waals surface area contributed by atoms with Crippen LogP contribution in [0.2, 0.25) is 0 Å². The quantitative estimate of drug-likeness (QED) is 0.586. The zero-order valence-electron chi connectivity index (χ0n) is 13.9. The Labute approximate surface area is 144 Å². The van der Waals surface area contributed by atoms with Gasteiger partial charge < -0.3 is 0 Å². The van der Waals surface area contributed by atoms with Crippen molar-refractivity contribution in [2.45, 2.75) is 13.8 Å². The van der Waals surface area contributed by atoms with Crippen LogP contribution in [0.15, 0.2) is 53.6 Å². The lowest BCUT2D eigenvalue weighted by molar-refractivity contribution is 0.0939. The SMILES string of the molecule is [C-]#[N+]c1ccc(-c2c[nH]n(-c3ccc(C(=O)C(C)C)cn3)c2=O)cc1. The van der Waals surface area contributed by atoms with Crippen LogP contribution in [0.3, 0.4) is 0 Å². The molecule has 0 fully saturated rings. The molecule has 6 heteroatoms. The highest BCUT2D eigenvalue weighted by Crippen LogP contribution is 2.20. The summed E-state index contributed by atoms with van der Waals surface area (Å²) in [6.45, 7) is 10.6. The average Bonchev–Trinajstić information content (AvgIpc) is 3.02.